The van der Waals surface area contributed by atoms with Gasteiger partial charge in [0.2, 0.25) is 0 Å². The molecule has 108 valence electrons. The summed E-state index contributed by atoms with van der Waals surface area (Å²) in [5.41, 5.74) is 2.71. The van der Waals surface area contributed by atoms with Crippen LogP contribution in [0.3, 0.4) is 0 Å². The molecule has 0 bridgehead atoms. The maximum Gasteiger partial charge on any atom is 0.347 e. The number of hydrogen-bond donors (Lipinski definition) is 1. The van der Waals surface area contributed by atoms with Crippen LogP contribution in [0.1, 0.15) is 43.4 Å². The molecule has 0 spiro atoms. The fraction of sp³-hybridized carbons (Fsp3) is 0.562. The molecule has 2 unspecified atom stereocenters. The molecular formula is C16H21NO3. The first-order valence-corrected chi connectivity index (χ1v) is 7.47. The summed E-state index contributed by atoms with van der Waals surface area (Å²) in [4.78, 5) is 11.5. The fourth-order valence-corrected chi connectivity index (χ4v) is 3.06. The van der Waals surface area contributed by atoms with Gasteiger partial charge in [0, 0.05) is 12.5 Å². The highest BCUT2D eigenvalue weighted by molar-refractivity contribution is 5.76. The van der Waals surface area contributed by atoms with Crippen molar-refractivity contribution in [1.29, 1.82) is 0 Å². The van der Waals surface area contributed by atoms with Gasteiger partial charge < -0.3 is 14.8 Å². The minimum atomic E-state index is -0.436. The van der Waals surface area contributed by atoms with E-state index in [0.29, 0.717) is 19.1 Å². The highest BCUT2D eigenvalue weighted by Crippen LogP contribution is 2.33. The van der Waals surface area contributed by atoms with E-state index in [4.69, 9.17) is 9.47 Å². The Kier molecular flexibility index (Phi) is 3.92. The Morgan fingerprint density at radius 3 is 3.05 bits per heavy atom. The molecule has 1 aliphatic carbocycles. The Balaban J connectivity index is 1.79. The van der Waals surface area contributed by atoms with Gasteiger partial charge in [-0.15, -0.1) is 0 Å². The maximum atomic E-state index is 11.5. The number of esters is 1. The summed E-state index contributed by atoms with van der Waals surface area (Å²) in [5.74, 6) is 0.531. The Labute approximate surface area is 119 Å². The Morgan fingerprint density at radius 2 is 2.30 bits per heavy atom. The predicted octanol–water partition coefficient (Wildman–Crippen LogP) is 2.37. The molecule has 1 fully saturated rings. The summed E-state index contributed by atoms with van der Waals surface area (Å²) in [6.07, 6.45) is 3.72. The van der Waals surface area contributed by atoms with E-state index in [1.54, 1.807) is 0 Å². The van der Waals surface area contributed by atoms with Crippen molar-refractivity contribution in [2.24, 2.45) is 0 Å². The average Bonchev–Trinajstić information content (AvgIpc) is 2.85. The molecule has 1 saturated heterocycles. The molecule has 2 aliphatic rings. The number of rotatable bonds is 4. The zero-order valence-electron chi connectivity index (χ0n) is 11.9. The lowest BCUT2D eigenvalue weighted by Gasteiger charge is -2.27. The van der Waals surface area contributed by atoms with Gasteiger partial charge in [-0.2, -0.15) is 0 Å². The molecule has 4 nitrogen and oxygen atoms in total. The third kappa shape index (κ3) is 2.66. The second kappa shape index (κ2) is 5.83. The molecule has 0 aromatic heterocycles. The number of hydrogen-bond acceptors (Lipinski definition) is 4. The number of aryl methyl sites for hydroxylation is 1. The lowest BCUT2D eigenvalue weighted by Crippen LogP contribution is -2.25. The first kappa shape index (κ1) is 13.4. The van der Waals surface area contributed by atoms with Gasteiger partial charge in [0.1, 0.15) is 5.75 Å². The second-order valence-corrected chi connectivity index (χ2v) is 5.43. The molecule has 2 atom stereocenters. The van der Waals surface area contributed by atoms with Crippen molar-refractivity contribution in [3.05, 3.63) is 29.3 Å². The molecule has 3 rings (SSSR count). The first-order valence-electron chi connectivity index (χ1n) is 7.47. The second-order valence-electron chi connectivity index (χ2n) is 5.43. The van der Waals surface area contributed by atoms with Crippen LogP contribution in [-0.4, -0.2) is 25.2 Å². The van der Waals surface area contributed by atoms with Crippen LogP contribution in [-0.2, 0) is 16.0 Å². The van der Waals surface area contributed by atoms with Crippen molar-refractivity contribution in [3.8, 4) is 5.75 Å². The summed E-state index contributed by atoms with van der Waals surface area (Å²) in [7, 11) is 0. The molecule has 4 heteroatoms. The number of benzene rings is 1. The van der Waals surface area contributed by atoms with Gasteiger partial charge in [-0.1, -0.05) is 13.0 Å². The average molecular weight is 275 g/mol. The standard InChI is InChI=1S/C16H21NO3/c1-2-17-14-5-3-4-11-6-7-12(10-13(11)14)20-15-8-9-19-16(15)18/h6-7,10,14-15,17H,2-5,8-9H2,1H3. The van der Waals surface area contributed by atoms with E-state index in [0.717, 1.165) is 25.1 Å². The number of fused-ring (bicyclic) bond motifs is 1. The van der Waals surface area contributed by atoms with Gasteiger partial charge >= 0.3 is 5.97 Å². The normalized spacial score (nSPS) is 25.1. The highest BCUT2D eigenvalue weighted by Gasteiger charge is 2.29. The molecule has 1 aliphatic heterocycles. The predicted molar refractivity (Wildman–Crippen MR) is 75.8 cm³/mol. The molecular weight excluding hydrogens is 254 g/mol. The molecule has 1 aromatic carbocycles. The smallest absolute Gasteiger partial charge is 0.347 e. The number of cyclic esters (lactones) is 1. The van der Waals surface area contributed by atoms with E-state index < -0.39 is 6.10 Å². The zero-order valence-corrected chi connectivity index (χ0v) is 11.9. The molecule has 1 N–H and O–H groups in total. The van der Waals surface area contributed by atoms with Crippen LogP contribution < -0.4 is 10.1 Å². The van der Waals surface area contributed by atoms with Crippen molar-refractivity contribution >= 4 is 5.97 Å². The van der Waals surface area contributed by atoms with Crippen molar-refractivity contribution in [3.63, 3.8) is 0 Å². The van der Waals surface area contributed by atoms with Gasteiger partial charge in [0.25, 0.3) is 0 Å². The molecule has 1 heterocycles. The summed E-state index contributed by atoms with van der Waals surface area (Å²) in [6, 6.07) is 6.60. The Hall–Kier alpha value is -1.55. The minimum Gasteiger partial charge on any atom is -0.479 e. The van der Waals surface area contributed by atoms with Crippen LogP contribution in [0, 0.1) is 0 Å². The third-order valence-corrected chi connectivity index (χ3v) is 4.05. The van der Waals surface area contributed by atoms with Gasteiger partial charge in [0.15, 0.2) is 6.10 Å². The zero-order chi connectivity index (χ0) is 13.9. The monoisotopic (exact) mass is 275 g/mol. The van der Waals surface area contributed by atoms with Crippen LogP contribution in [0.4, 0.5) is 0 Å². The van der Waals surface area contributed by atoms with Gasteiger partial charge in [-0.05, 0) is 49.1 Å². The van der Waals surface area contributed by atoms with Crippen molar-refractivity contribution in [2.75, 3.05) is 13.2 Å². The van der Waals surface area contributed by atoms with Crippen molar-refractivity contribution in [1.82, 2.24) is 5.32 Å². The van der Waals surface area contributed by atoms with E-state index in [9.17, 15) is 4.79 Å². The Morgan fingerprint density at radius 1 is 1.40 bits per heavy atom. The fourth-order valence-electron chi connectivity index (χ4n) is 3.06. The van der Waals surface area contributed by atoms with E-state index >= 15 is 0 Å². The first-order chi connectivity index (χ1) is 9.78. The van der Waals surface area contributed by atoms with Gasteiger partial charge in [-0.3, -0.25) is 0 Å². The van der Waals surface area contributed by atoms with Crippen LogP contribution in [0.5, 0.6) is 5.75 Å². The largest absolute Gasteiger partial charge is 0.479 e. The minimum absolute atomic E-state index is 0.244. The SMILES string of the molecule is CCNC1CCCc2ccc(OC3CCOC3=O)cc21. The van der Waals surface area contributed by atoms with Crippen molar-refractivity contribution < 1.29 is 14.3 Å². The van der Waals surface area contributed by atoms with Crippen LogP contribution in [0.25, 0.3) is 0 Å². The van der Waals surface area contributed by atoms with Crippen molar-refractivity contribution in [2.45, 2.75) is 44.8 Å². The maximum absolute atomic E-state index is 11.5. The van der Waals surface area contributed by atoms with Gasteiger partial charge in [0.05, 0.1) is 6.61 Å². The quantitative estimate of drug-likeness (QED) is 0.857. The third-order valence-electron chi connectivity index (χ3n) is 4.05. The molecule has 20 heavy (non-hydrogen) atoms. The summed E-state index contributed by atoms with van der Waals surface area (Å²) in [6.45, 7) is 3.56. The molecule has 0 radical (unpaired) electrons. The highest BCUT2D eigenvalue weighted by atomic mass is 16.6. The molecule has 0 amide bonds. The number of carbonyl (C=O) groups is 1. The molecule has 0 saturated carbocycles. The van der Waals surface area contributed by atoms with Crippen LogP contribution in [0.15, 0.2) is 18.2 Å². The summed E-state index contributed by atoms with van der Waals surface area (Å²) < 4.78 is 10.7. The summed E-state index contributed by atoms with van der Waals surface area (Å²) in [5, 5.41) is 3.52. The number of ether oxygens (including phenoxy) is 2. The molecule has 1 aromatic rings. The number of carbonyl (C=O) groups excluding carboxylic acids is 1. The van der Waals surface area contributed by atoms with Gasteiger partial charge in [-0.25, -0.2) is 4.79 Å². The lowest BCUT2D eigenvalue weighted by molar-refractivity contribution is -0.143. The topological polar surface area (TPSA) is 47.6 Å². The number of nitrogens with one attached hydrogen (secondary N) is 1. The Bertz CT molecular complexity index is 500. The van der Waals surface area contributed by atoms with Crippen LogP contribution in [0.2, 0.25) is 0 Å². The van der Waals surface area contributed by atoms with Crippen LogP contribution >= 0.6 is 0 Å². The van der Waals surface area contributed by atoms with E-state index in [-0.39, 0.29) is 5.97 Å². The van der Waals surface area contributed by atoms with E-state index in [2.05, 4.69) is 24.4 Å². The van der Waals surface area contributed by atoms with E-state index in [1.165, 1.54) is 17.5 Å². The lowest BCUT2D eigenvalue weighted by atomic mass is 9.87. The van der Waals surface area contributed by atoms with E-state index in [1.807, 2.05) is 6.07 Å². The summed E-state index contributed by atoms with van der Waals surface area (Å²) >= 11 is 0.